The van der Waals surface area contributed by atoms with Crippen molar-refractivity contribution in [2.24, 2.45) is 0 Å². The molecular formula is C15H16N2O3. The molecule has 2 N–H and O–H groups in total. The van der Waals surface area contributed by atoms with Gasteiger partial charge in [0.2, 0.25) is 0 Å². The molecule has 0 radical (unpaired) electrons. The molecule has 0 spiro atoms. The maximum atomic E-state index is 11.8. The Hall–Kier alpha value is -2.56. The maximum absolute atomic E-state index is 11.8. The zero-order chi connectivity index (χ0) is 14.5. The lowest BCUT2D eigenvalue weighted by molar-refractivity contribution is -0.149. The molecule has 1 unspecified atom stereocenters. The van der Waals surface area contributed by atoms with Crippen molar-refractivity contribution in [3.05, 3.63) is 64.6 Å². The van der Waals surface area contributed by atoms with E-state index < -0.39 is 5.97 Å². The van der Waals surface area contributed by atoms with Gasteiger partial charge in [-0.3, -0.25) is 9.59 Å². The van der Waals surface area contributed by atoms with Crippen molar-refractivity contribution in [3.63, 3.8) is 0 Å². The van der Waals surface area contributed by atoms with Crippen LogP contribution in [0.3, 0.4) is 0 Å². The number of pyridine rings is 1. The van der Waals surface area contributed by atoms with Gasteiger partial charge in [0.15, 0.2) is 0 Å². The fourth-order valence-corrected chi connectivity index (χ4v) is 1.84. The Morgan fingerprint density at radius 3 is 2.65 bits per heavy atom. The van der Waals surface area contributed by atoms with Crippen molar-refractivity contribution in [2.75, 3.05) is 5.73 Å². The van der Waals surface area contributed by atoms with Crippen LogP contribution in [0.1, 0.15) is 18.6 Å². The van der Waals surface area contributed by atoms with Crippen LogP contribution < -0.4 is 11.3 Å². The quantitative estimate of drug-likeness (QED) is 0.860. The van der Waals surface area contributed by atoms with E-state index in [1.165, 1.54) is 22.9 Å². The van der Waals surface area contributed by atoms with Crippen LogP contribution in [-0.4, -0.2) is 10.5 Å². The smallest absolute Gasteiger partial charge is 0.326 e. The first-order valence-corrected chi connectivity index (χ1v) is 6.26. The Kier molecular flexibility index (Phi) is 4.20. The summed E-state index contributed by atoms with van der Waals surface area (Å²) < 4.78 is 6.53. The van der Waals surface area contributed by atoms with Crippen molar-refractivity contribution in [1.29, 1.82) is 0 Å². The van der Waals surface area contributed by atoms with Gasteiger partial charge in [-0.2, -0.15) is 0 Å². The van der Waals surface area contributed by atoms with Crippen LogP contribution in [0.4, 0.5) is 5.69 Å². The highest BCUT2D eigenvalue weighted by atomic mass is 16.5. The molecule has 2 aromatic rings. The average molecular weight is 272 g/mol. The van der Waals surface area contributed by atoms with Crippen LogP contribution in [0.5, 0.6) is 0 Å². The van der Waals surface area contributed by atoms with E-state index in [4.69, 9.17) is 10.5 Å². The van der Waals surface area contributed by atoms with Crippen LogP contribution in [0.25, 0.3) is 0 Å². The normalized spacial score (nSPS) is 11.8. The number of rotatable bonds is 4. The summed E-state index contributed by atoms with van der Waals surface area (Å²) in [7, 11) is 0. The third kappa shape index (κ3) is 3.47. The number of carbonyl (C=O) groups is 1. The summed E-state index contributed by atoms with van der Waals surface area (Å²) in [6.45, 7) is 1.64. The van der Waals surface area contributed by atoms with Crippen LogP contribution >= 0.6 is 0 Å². The van der Waals surface area contributed by atoms with Gasteiger partial charge in [-0.1, -0.05) is 30.3 Å². The molecule has 5 heteroatoms. The highest BCUT2D eigenvalue weighted by Gasteiger charge is 2.12. The van der Waals surface area contributed by atoms with Gasteiger partial charge in [-0.15, -0.1) is 0 Å². The van der Waals surface area contributed by atoms with Gasteiger partial charge in [-0.25, -0.2) is 0 Å². The molecule has 0 aliphatic heterocycles. The molecule has 0 aliphatic rings. The summed E-state index contributed by atoms with van der Waals surface area (Å²) in [5, 5.41) is 0. The maximum Gasteiger partial charge on any atom is 0.326 e. The summed E-state index contributed by atoms with van der Waals surface area (Å²) in [5.41, 5.74) is 6.62. The highest BCUT2D eigenvalue weighted by Crippen LogP contribution is 2.16. The van der Waals surface area contributed by atoms with E-state index in [-0.39, 0.29) is 18.2 Å². The number of hydrogen-bond donors (Lipinski definition) is 1. The van der Waals surface area contributed by atoms with Crippen molar-refractivity contribution in [2.45, 2.75) is 19.6 Å². The Bertz CT molecular complexity index is 650. The van der Waals surface area contributed by atoms with Crippen molar-refractivity contribution in [1.82, 2.24) is 4.57 Å². The van der Waals surface area contributed by atoms with Gasteiger partial charge in [-0.05, 0) is 18.6 Å². The SMILES string of the molecule is CC(OC(=O)Cn1cc(N)ccc1=O)c1ccccc1. The molecule has 104 valence electrons. The van der Waals surface area contributed by atoms with E-state index in [0.29, 0.717) is 5.69 Å². The lowest BCUT2D eigenvalue weighted by Crippen LogP contribution is -2.25. The van der Waals surface area contributed by atoms with E-state index in [2.05, 4.69) is 0 Å². The number of hydrogen-bond acceptors (Lipinski definition) is 4. The average Bonchev–Trinajstić information content (AvgIpc) is 2.43. The number of esters is 1. The monoisotopic (exact) mass is 272 g/mol. The summed E-state index contributed by atoms with van der Waals surface area (Å²) in [4.78, 5) is 23.4. The second kappa shape index (κ2) is 6.06. The minimum atomic E-state index is -0.478. The van der Waals surface area contributed by atoms with Crippen molar-refractivity contribution in [3.8, 4) is 0 Å². The summed E-state index contributed by atoms with van der Waals surface area (Å²) in [5.74, 6) is -0.478. The topological polar surface area (TPSA) is 74.3 Å². The van der Waals surface area contributed by atoms with Gasteiger partial charge in [0.25, 0.3) is 5.56 Å². The molecule has 1 heterocycles. The molecule has 1 aromatic carbocycles. The predicted octanol–water partition coefficient (Wildman–Crippen LogP) is 1.73. The first kappa shape index (κ1) is 13.9. The zero-order valence-corrected chi connectivity index (χ0v) is 11.2. The largest absolute Gasteiger partial charge is 0.456 e. The number of anilines is 1. The molecule has 1 aromatic heterocycles. The first-order valence-electron chi connectivity index (χ1n) is 6.26. The van der Waals surface area contributed by atoms with Crippen molar-refractivity contribution >= 4 is 11.7 Å². The Morgan fingerprint density at radius 1 is 1.25 bits per heavy atom. The van der Waals surface area contributed by atoms with Crippen LogP contribution in [-0.2, 0) is 16.1 Å². The van der Waals surface area contributed by atoms with E-state index >= 15 is 0 Å². The molecular weight excluding hydrogens is 256 g/mol. The second-order valence-corrected chi connectivity index (χ2v) is 4.47. The molecule has 0 aliphatic carbocycles. The fourth-order valence-electron chi connectivity index (χ4n) is 1.84. The lowest BCUT2D eigenvalue weighted by atomic mass is 10.1. The Morgan fingerprint density at radius 2 is 1.95 bits per heavy atom. The van der Waals surface area contributed by atoms with Gasteiger partial charge >= 0.3 is 5.97 Å². The van der Waals surface area contributed by atoms with Crippen LogP contribution in [0, 0.1) is 0 Å². The fraction of sp³-hybridized carbons (Fsp3) is 0.200. The van der Waals surface area contributed by atoms with Gasteiger partial charge in [0.05, 0.1) is 0 Å². The summed E-state index contributed by atoms with van der Waals surface area (Å²) in [6.07, 6.45) is 1.07. The number of benzene rings is 1. The number of nitrogens with two attached hydrogens (primary N) is 1. The highest BCUT2D eigenvalue weighted by molar-refractivity contribution is 5.69. The van der Waals surface area contributed by atoms with E-state index in [1.807, 2.05) is 30.3 Å². The number of nitrogen functional groups attached to an aromatic ring is 1. The van der Waals surface area contributed by atoms with Gasteiger partial charge in [0.1, 0.15) is 12.6 Å². The Balaban J connectivity index is 2.02. The predicted molar refractivity (Wildman–Crippen MR) is 76.1 cm³/mol. The molecule has 0 amide bonds. The summed E-state index contributed by atoms with van der Waals surface area (Å²) >= 11 is 0. The zero-order valence-electron chi connectivity index (χ0n) is 11.2. The number of ether oxygens (including phenoxy) is 1. The molecule has 0 saturated carbocycles. The van der Waals surface area contributed by atoms with Gasteiger partial charge in [0, 0.05) is 18.0 Å². The van der Waals surface area contributed by atoms with Crippen molar-refractivity contribution < 1.29 is 9.53 Å². The second-order valence-electron chi connectivity index (χ2n) is 4.47. The molecule has 0 saturated heterocycles. The van der Waals surface area contributed by atoms with Crippen LogP contribution in [0.2, 0.25) is 0 Å². The number of aromatic nitrogens is 1. The van der Waals surface area contributed by atoms with E-state index in [9.17, 15) is 9.59 Å². The number of carbonyl (C=O) groups excluding carboxylic acids is 1. The summed E-state index contributed by atoms with van der Waals surface area (Å²) in [6, 6.07) is 12.2. The molecule has 0 bridgehead atoms. The van der Waals surface area contributed by atoms with Gasteiger partial charge < -0.3 is 15.0 Å². The first-order chi connectivity index (χ1) is 9.56. The number of nitrogens with zero attached hydrogens (tertiary/aromatic N) is 1. The molecule has 1 atom stereocenters. The standard InChI is InChI=1S/C15H16N2O3/c1-11(12-5-3-2-4-6-12)20-15(19)10-17-9-13(16)7-8-14(17)18/h2-9,11H,10,16H2,1H3. The third-order valence-corrected chi connectivity index (χ3v) is 2.88. The van der Waals surface area contributed by atoms with E-state index in [1.54, 1.807) is 6.92 Å². The Labute approximate surface area is 116 Å². The van der Waals surface area contributed by atoms with E-state index in [0.717, 1.165) is 5.56 Å². The molecule has 5 nitrogen and oxygen atoms in total. The molecule has 0 fully saturated rings. The van der Waals surface area contributed by atoms with Crippen LogP contribution in [0.15, 0.2) is 53.5 Å². The lowest BCUT2D eigenvalue weighted by Gasteiger charge is -2.14. The third-order valence-electron chi connectivity index (χ3n) is 2.88. The molecule has 20 heavy (non-hydrogen) atoms. The minimum absolute atomic E-state index is 0.152. The molecule has 2 rings (SSSR count). The minimum Gasteiger partial charge on any atom is -0.456 e.